The molecular weight excluding hydrogens is 304 g/mol. The molecule has 0 bridgehead atoms. The number of benzene rings is 1. The summed E-state index contributed by atoms with van der Waals surface area (Å²) in [6.07, 6.45) is 8.34. The number of methoxy groups -OCH3 is 1. The topological polar surface area (TPSA) is 66.8 Å². The Kier molecular flexibility index (Phi) is 10.8. The van der Waals surface area contributed by atoms with E-state index in [0.717, 1.165) is 31.1 Å². The lowest BCUT2D eigenvalue weighted by atomic mass is 9.96. The SMILES string of the molecule is C/C=C/c1ccc(O)c(OC)c1.CC(CC=O)CCCC(C)(C)O. The third-order valence-electron chi connectivity index (χ3n) is 3.55. The van der Waals surface area contributed by atoms with Gasteiger partial charge in [0.15, 0.2) is 11.5 Å². The summed E-state index contributed by atoms with van der Waals surface area (Å²) in [5.74, 6) is 1.14. The van der Waals surface area contributed by atoms with E-state index in [4.69, 9.17) is 4.74 Å². The smallest absolute Gasteiger partial charge is 0.161 e. The van der Waals surface area contributed by atoms with Gasteiger partial charge in [-0.3, -0.25) is 0 Å². The number of aldehydes is 1. The molecule has 0 amide bonds. The predicted molar refractivity (Wildman–Crippen MR) is 99.4 cm³/mol. The summed E-state index contributed by atoms with van der Waals surface area (Å²) in [5, 5.41) is 18.6. The van der Waals surface area contributed by atoms with Crippen LogP contribution in [0.15, 0.2) is 24.3 Å². The molecule has 2 N–H and O–H groups in total. The molecule has 1 rings (SSSR count). The standard InChI is InChI=1S/C10H12O2.C10H20O2/c1-3-4-8-5-6-9(11)10(7-8)12-2;1-9(6-8-11)5-4-7-10(2,3)12/h3-7,11H,1-2H3;8-9,12H,4-7H2,1-3H3/b4-3+;. The number of phenolic OH excluding ortho intramolecular Hbond substituents is 1. The van der Waals surface area contributed by atoms with Crippen LogP contribution in [-0.2, 0) is 4.79 Å². The third-order valence-corrected chi connectivity index (χ3v) is 3.55. The van der Waals surface area contributed by atoms with Crippen LogP contribution in [-0.4, -0.2) is 29.2 Å². The molecule has 1 aromatic carbocycles. The summed E-state index contributed by atoms with van der Waals surface area (Å²) in [7, 11) is 1.54. The molecule has 136 valence electrons. The maximum absolute atomic E-state index is 10.1. The van der Waals surface area contributed by atoms with Crippen molar-refractivity contribution in [3.8, 4) is 11.5 Å². The fraction of sp³-hybridized carbons (Fsp3) is 0.550. The Morgan fingerprint density at radius 1 is 1.33 bits per heavy atom. The van der Waals surface area contributed by atoms with Crippen LogP contribution in [0.5, 0.6) is 11.5 Å². The first-order valence-electron chi connectivity index (χ1n) is 8.39. The number of aromatic hydroxyl groups is 1. The van der Waals surface area contributed by atoms with Crippen LogP contribution in [0.25, 0.3) is 6.08 Å². The average Bonchev–Trinajstić information content (AvgIpc) is 2.49. The maximum Gasteiger partial charge on any atom is 0.161 e. The molecule has 0 aliphatic rings. The minimum Gasteiger partial charge on any atom is -0.504 e. The highest BCUT2D eigenvalue weighted by atomic mass is 16.5. The summed E-state index contributed by atoms with van der Waals surface area (Å²) in [6.45, 7) is 7.65. The van der Waals surface area contributed by atoms with Crippen molar-refractivity contribution in [2.75, 3.05) is 7.11 Å². The van der Waals surface area contributed by atoms with E-state index in [2.05, 4.69) is 6.92 Å². The summed E-state index contributed by atoms with van der Waals surface area (Å²) in [6, 6.07) is 5.24. The quantitative estimate of drug-likeness (QED) is 0.682. The lowest BCUT2D eigenvalue weighted by Gasteiger charge is -2.17. The molecule has 0 saturated heterocycles. The lowest BCUT2D eigenvalue weighted by Crippen LogP contribution is -2.18. The van der Waals surface area contributed by atoms with Crippen LogP contribution >= 0.6 is 0 Å². The highest BCUT2D eigenvalue weighted by Gasteiger charge is 2.12. The first kappa shape index (κ1) is 22.2. The van der Waals surface area contributed by atoms with Crippen molar-refractivity contribution in [3.05, 3.63) is 29.8 Å². The zero-order valence-electron chi connectivity index (χ0n) is 15.6. The molecule has 1 atom stereocenters. The van der Waals surface area contributed by atoms with Gasteiger partial charge in [0.25, 0.3) is 0 Å². The van der Waals surface area contributed by atoms with Gasteiger partial charge in [0.1, 0.15) is 6.29 Å². The van der Waals surface area contributed by atoms with E-state index in [9.17, 15) is 15.0 Å². The Bertz CT molecular complexity index is 501. The van der Waals surface area contributed by atoms with Crippen molar-refractivity contribution in [3.63, 3.8) is 0 Å². The lowest BCUT2D eigenvalue weighted by molar-refractivity contribution is -0.108. The van der Waals surface area contributed by atoms with E-state index in [-0.39, 0.29) is 5.75 Å². The summed E-state index contributed by atoms with van der Waals surface area (Å²) >= 11 is 0. The number of hydrogen-bond acceptors (Lipinski definition) is 4. The minimum absolute atomic E-state index is 0.172. The molecule has 0 saturated carbocycles. The van der Waals surface area contributed by atoms with Crippen LogP contribution in [0, 0.1) is 5.92 Å². The largest absolute Gasteiger partial charge is 0.504 e. The van der Waals surface area contributed by atoms with Crippen molar-refractivity contribution < 1.29 is 19.7 Å². The van der Waals surface area contributed by atoms with Crippen LogP contribution in [0.4, 0.5) is 0 Å². The zero-order valence-corrected chi connectivity index (χ0v) is 15.6. The molecule has 0 radical (unpaired) electrons. The van der Waals surface area contributed by atoms with E-state index >= 15 is 0 Å². The fourth-order valence-electron chi connectivity index (χ4n) is 2.16. The van der Waals surface area contributed by atoms with E-state index in [1.54, 1.807) is 12.1 Å². The molecule has 0 aliphatic carbocycles. The van der Waals surface area contributed by atoms with Crippen molar-refractivity contribution in [2.45, 2.75) is 59.0 Å². The van der Waals surface area contributed by atoms with Gasteiger partial charge in [-0.15, -0.1) is 0 Å². The van der Waals surface area contributed by atoms with Gasteiger partial charge in [0.05, 0.1) is 12.7 Å². The second-order valence-corrected chi connectivity index (χ2v) is 6.64. The van der Waals surface area contributed by atoms with Gasteiger partial charge < -0.3 is 19.7 Å². The molecule has 4 nitrogen and oxygen atoms in total. The molecule has 0 spiro atoms. The van der Waals surface area contributed by atoms with Gasteiger partial charge in [0.2, 0.25) is 0 Å². The van der Waals surface area contributed by atoms with E-state index < -0.39 is 5.60 Å². The molecular formula is C20H32O4. The average molecular weight is 336 g/mol. The van der Waals surface area contributed by atoms with E-state index in [1.807, 2.05) is 39.0 Å². The number of allylic oxidation sites excluding steroid dienone is 1. The monoisotopic (exact) mass is 336 g/mol. The van der Waals surface area contributed by atoms with Gasteiger partial charge in [-0.1, -0.05) is 38.0 Å². The molecule has 1 unspecified atom stereocenters. The number of rotatable bonds is 8. The molecule has 0 aliphatic heterocycles. The van der Waals surface area contributed by atoms with Crippen LogP contribution in [0.3, 0.4) is 0 Å². The van der Waals surface area contributed by atoms with Crippen LogP contribution in [0.1, 0.15) is 58.9 Å². The van der Waals surface area contributed by atoms with Gasteiger partial charge in [0, 0.05) is 6.42 Å². The summed E-state index contributed by atoms with van der Waals surface area (Å²) in [4.78, 5) is 10.1. The zero-order chi connectivity index (χ0) is 18.6. The van der Waals surface area contributed by atoms with Gasteiger partial charge in [-0.05, 0) is 50.8 Å². The van der Waals surface area contributed by atoms with Gasteiger partial charge in [-0.25, -0.2) is 0 Å². The predicted octanol–water partition coefficient (Wildman–Crippen LogP) is 4.59. The second-order valence-electron chi connectivity index (χ2n) is 6.64. The van der Waals surface area contributed by atoms with Crippen molar-refractivity contribution in [1.82, 2.24) is 0 Å². The van der Waals surface area contributed by atoms with Crippen LogP contribution < -0.4 is 4.74 Å². The second kappa shape index (κ2) is 11.7. The highest BCUT2D eigenvalue weighted by molar-refractivity contribution is 5.55. The Balaban J connectivity index is 0.000000441. The number of ether oxygens (including phenoxy) is 1. The molecule has 24 heavy (non-hydrogen) atoms. The number of carbonyl (C=O) groups excluding carboxylic acids is 1. The first-order chi connectivity index (χ1) is 11.2. The van der Waals surface area contributed by atoms with E-state index in [0.29, 0.717) is 18.1 Å². The van der Waals surface area contributed by atoms with Crippen LogP contribution in [0.2, 0.25) is 0 Å². The Morgan fingerprint density at radius 3 is 2.50 bits per heavy atom. The highest BCUT2D eigenvalue weighted by Crippen LogP contribution is 2.26. The summed E-state index contributed by atoms with van der Waals surface area (Å²) in [5.41, 5.74) is 0.466. The Labute approximate surface area is 146 Å². The Hall–Kier alpha value is -1.81. The number of phenols is 1. The Morgan fingerprint density at radius 2 is 2.00 bits per heavy atom. The fourth-order valence-corrected chi connectivity index (χ4v) is 2.16. The van der Waals surface area contributed by atoms with E-state index in [1.165, 1.54) is 7.11 Å². The number of hydrogen-bond donors (Lipinski definition) is 2. The summed E-state index contributed by atoms with van der Waals surface area (Å²) < 4.78 is 4.95. The van der Waals surface area contributed by atoms with Gasteiger partial charge >= 0.3 is 0 Å². The molecule has 0 heterocycles. The molecule has 0 aromatic heterocycles. The first-order valence-corrected chi connectivity index (χ1v) is 8.39. The van der Waals surface area contributed by atoms with Crippen molar-refractivity contribution in [1.29, 1.82) is 0 Å². The van der Waals surface area contributed by atoms with Gasteiger partial charge in [-0.2, -0.15) is 0 Å². The number of aliphatic hydroxyl groups is 1. The van der Waals surface area contributed by atoms with Crippen molar-refractivity contribution in [2.24, 2.45) is 5.92 Å². The molecule has 4 heteroatoms. The normalized spacial score (nSPS) is 12.4. The molecule has 0 fully saturated rings. The molecule has 1 aromatic rings. The maximum atomic E-state index is 10.1. The number of carbonyl (C=O) groups is 1. The minimum atomic E-state index is -0.555. The van der Waals surface area contributed by atoms with Crippen molar-refractivity contribution >= 4 is 12.4 Å². The third kappa shape index (κ3) is 10.8.